The van der Waals surface area contributed by atoms with Crippen LogP contribution in [0.4, 0.5) is 0 Å². The zero-order valence-electron chi connectivity index (χ0n) is 45.0. The molecule has 6 heteroatoms. The molecule has 1 amide bonds. The summed E-state index contributed by atoms with van der Waals surface area (Å²) >= 11 is 0. The first kappa shape index (κ1) is 65.3. The molecule has 0 aliphatic heterocycles. The summed E-state index contributed by atoms with van der Waals surface area (Å²) in [7, 11) is 0. The zero-order valence-corrected chi connectivity index (χ0v) is 45.0. The number of amides is 1. The van der Waals surface area contributed by atoms with Gasteiger partial charge < -0.3 is 20.3 Å². The number of unbranched alkanes of at least 4 members (excludes halogenated alkanes) is 29. The Bertz CT molecular complexity index is 1250. The molecule has 3 atom stereocenters. The Hall–Kier alpha value is -2.70. The summed E-state index contributed by atoms with van der Waals surface area (Å²) in [4.78, 5) is 26.3. The topological polar surface area (TPSA) is 95.9 Å². The molecular weight excluding hydrogens is 839 g/mol. The predicted molar refractivity (Wildman–Crippen MR) is 296 cm³/mol. The van der Waals surface area contributed by atoms with Crippen molar-refractivity contribution in [3.63, 3.8) is 0 Å². The highest BCUT2D eigenvalue weighted by atomic mass is 16.5. The maximum absolute atomic E-state index is 13.3. The van der Waals surface area contributed by atoms with Crippen LogP contribution in [0.2, 0.25) is 0 Å². The number of hydrogen-bond acceptors (Lipinski definition) is 5. The molecule has 0 rings (SSSR count). The Kier molecular flexibility index (Phi) is 53.0. The fraction of sp³-hybridized carbons (Fsp3) is 0.774. The van der Waals surface area contributed by atoms with Gasteiger partial charge in [-0.05, 0) is 89.9 Å². The number of carbonyl (C=O) groups is 2. The summed E-state index contributed by atoms with van der Waals surface area (Å²) in [5.74, 6) is -0.555. The molecule has 0 saturated heterocycles. The van der Waals surface area contributed by atoms with Crippen molar-refractivity contribution < 1.29 is 24.5 Å². The second kappa shape index (κ2) is 55.2. The fourth-order valence-electron chi connectivity index (χ4n) is 8.59. The highest BCUT2D eigenvalue weighted by Gasteiger charge is 2.24. The molecule has 3 unspecified atom stereocenters. The number of nitrogens with one attached hydrogen (secondary N) is 1. The van der Waals surface area contributed by atoms with Crippen LogP contribution >= 0.6 is 0 Å². The van der Waals surface area contributed by atoms with E-state index in [0.29, 0.717) is 19.3 Å². The number of rotatable bonds is 52. The third-order valence-corrected chi connectivity index (χ3v) is 13.0. The summed E-state index contributed by atoms with van der Waals surface area (Å²) < 4.78 is 5.92. The van der Waals surface area contributed by atoms with E-state index in [4.69, 9.17) is 4.74 Å². The van der Waals surface area contributed by atoms with Crippen molar-refractivity contribution in [1.82, 2.24) is 5.32 Å². The van der Waals surface area contributed by atoms with Crippen LogP contribution in [0.3, 0.4) is 0 Å². The van der Waals surface area contributed by atoms with Crippen molar-refractivity contribution >= 4 is 11.9 Å². The first-order valence-electron chi connectivity index (χ1n) is 29.2. The molecule has 0 heterocycles. The third kappa shape index (κ3) is 49.7. The minimum atomic E-state index is -0.810. The van der Waals surface area contributed by atoms with Crippen LogP contribution in [-0.2, 0) is 14.3 Å². The average Bonchev–Trinajstić information content (AvgIpc) is 3.33. The van der Waals surface area contributed by atoms with E-state index in [-0.39, 0.29) is 24.9 Å². The van der Waals surface area contributed by atoms with E-state index < -0.39 is 18.2 Å². The lowest BCUT2D eigenvalue weighted by atomic mass is 10.0. The smallest absolute Gasteiger partial charge is 0.306 e. The van der Waals surface area contributed by atoms with Gasteiger partial charge >= 0.3 is 5.97 Å². The largest absolute Gasteiger partial charge is 0.462 e. The van der Waals surface area contributed by atoms with Gasteiger partial charge in [-0.3, -0.25) is 9.59 Å². The van der Waals surface area contributed by atoms with E-state index in [0.717, 1.165) is 83.5 Å². The quantitative estimate of drug-likeness (QED) is 0.0244. The number of ether oxygens (including phenoxy) is 1. The molecule has 394 valence electrons. The van der Waals surface area contributed by atoms with Gasteiger partial charge in [0.05, 0.1) is 25.2 Å². The van der Waals surface area contributed by atoms with Crippen molar-refractivity contribution in [3.8, 4) is 0 Å². The van der Waals surface area contributed by atoms with E-state index in [1.165, 1.54) is 154 Å². The Morgan fingerprint density at radius 1 is 0.441 bits per heavy atom. The summed E-state index contributed by atoms with van der Waals surface area (Å²) in [5, 5.41) is 23.9. The summed E-state index contributed by atoms with van der Waals surface area (Å²) in [6.45, 7) is 6.45. The van der Waals surface area contributed by atoms with Crippen molar-refractivity contribution in [1.29, 1.82) is 0 Å². The van der Waals surface area contributed by atoms with E-state index in [9.17, 15) is 19.8 Å². The van der Waals surface area contributed by atoms with Gasteiger partial charge in [0, 0.05) is 6.42 Å². The molecular formula is C62H111NO5. The minimum absolute atomic E-state index is 0.0277. The lowest BCUT2D eigenvalue weighted by Crippen LogP contribution is -2.46. The number of esters is 1. The maximum Gasteiger partial charge on any atom is 0.306 e. The Balaban J connectivity index is 4.69. The Labute approximate surface area is 421 Å². The first-order valence-corrected chi connectivity index (χ1v) is 29.2. The van der Waals surface area contributed by atoms with Crippen molar-refractivity contribution in [2.24, 2.45) is 0 Å². The normalized spacial score (nSPS) is 13.7. The number of carbonyl (C=O) groups excluding carboxylic acids is 2. The monoisotopic (exact) mass is 950 g/mol. The number of aliphatic hydroxyl groups is 2. The number of allylic oxidation sites excluding steroid dienone is 12. The van der Waals surface area contributed by atoms with Gasteiger partial charge in [0.2, 0.25) is 5.91 Å². The molecule has 0 radical (unpaired) electrons. The van der Waals surface area contributed by atoms with E-state index in [2.05, 4.69) is 99.0 Å². The van der Waals surface area contributed by atoms with Crippen LogP contribution in [0.5, 0.6) is 0 Å². The summed E-state index contributed by atoms with van der Waals surface area (Å²) in [6.07, 6.45) is 71.1. The van der Waals surface area contributed by atoms with Gasteiger partial charge in [-0.2, -0.15) is 0 Å². The molecule has 0 spiro atoms. The average molecular weight is 951 g/mol. The Morgan fingerprint density at radius 3 is 1.28 bits per heavy atom. The minimum Gasteiger partial charge on any atom is -0.462 e. The second-order valence-corrected chi connectivity index (χ2v) is 19.7. The van der Waals surface area contributed by atoms with Crippen LogP contribution in [0.25, 0.3) is 0 Å². The molecule has 0 aliphatic carbocycles. The van der Waals surface area contributed by atoms with Crippen LogP contribution in [0, 0.1) is 0 Å². The lowest BCUT2D eigenvalue weighted by molar-refractivity contribution is -0.151. The fourth-order valence-corrected chi connectivity index (χ4v) is 8.59. The molecule has 0 aromatic rings. The Morgan fingerprint density at radius 2 is 0.809 bits per heavy atom. The van der Waals surface area contributed by atoms with Gasteiger partial charge in [0.25, 0.3) is 0 Å². The lowest BCUT2D eigenvalue weighted by Gasteiger charge is -2.24. The van der Waals surface area contributed by atoms with Crippen molar-refractivity contribution in [3.05, 3.63) is 72.9 Å². The van der Waals surface area contributed by atoms with Gasteiger partial charge in [-0.25, -0.2) is 0 Å². The molecule has 3 N–H and O–H groups in total. The van der Waals surface area contributed by atoms with Crippen molar-refractivity contribution in [2.75, 3.05) is 6.61 Å². The molecule has 68 heavy (non-hydrogen) atoms. The number of aliphatic hydroxyl groups excluding tert-OH is 2. The van der Waals surface area contributed by atoms with Crippen LogP contribution < -0.4 is 5.32 Å². The standard InChI is InChI=1S/C62H111NO5/c1-4-7-10-13-16-19-22-25-28-31-32-35-38-41-44-47-50-53-58(68-62(67)55-52-49-46-43-40-37-34-30-27-24-21-18-15-12-9-6-3)56-61(66)63-59(57-64)60(65)54-51-48-45-42-39-36-33-29-26-23-20-17-14-11-8-5-2/h16,19,25,28,30,32,34-35,37,40-41,44,58-60,64-65H,4-15,17-18,20-24,26-27,29,31,33,36,38-39,42-43,45-57H2,1-3H3,(H,63,66)/b19-16-,28-25-,34-30+,35-32-,40-37+,44-41-. The molecule has 0 aromatic heterocycles. The van der Waals surface area contributed by atoms with Crippen molar-refractivity contribution in [2.45, 2.75) is 302 Å². The number of hydrogen-bond donors (Lipinski definition) is 3. The molecule has 6 nitrogen and oxygen atoms in total. The van der Waals surface area contributed by atoms with Crippen LogP contribution in [0.1, 0.15) is 284 Å². The van der Waals surface area contributed by atoms with Gasteiger partial charge in [0.1, 0.15) is 6.10 Å². The molecule has 0 fully saturated rings. The summed E-state index contributed by atoms with van der Waals surface area (Å²) in [5.41, 5.74) is 0. The van der Waals surface area contributed by atoms with E-state index in [1.807, 2.05) is 0 Å². The van der Waals surface area contributed by atoms with Crippen LogP contribution in [0.15, 0.2) is 72.9 Å². The van der Waals surface area contributed by atoms with Gasteiger partial charge in [0.15, 0.2) is 0 Å². The predicted octanol–water partition coefficient (Wildman–Crippen LogP) is 18.1. The van der Waals surface area contributed by atoms with E-state index >= 15 is 0 Å². The van der Waals surface area contributed by atoms with Gasteiger partial charge in [-0.1, -0.05) is 254 Å². The zero-order chi connectivity index (χ0) is 49.5. The van der Waals surface area contributed by atoms with Gasteiger partial charge in [-0.15, -0.1) is 0 Å². The van der Waals surface area contributed by atoms with Crippen LogP contribution in [-0.4, -0.2) is 46.9 Å². The van der Waals surface area contributed by atoms with E-state index in [1.54, 1.807) is 0 Å². The molecule has 0 aromatic carbocycles. The molecule has 0 saturated carbocycles. The summed E-state index contributed by atoms with van der Waals surface area (Å²) in [6, 6.07) is -0.728. The third-order valence-electron chi connectivity index (χ3n) is 13.0. The SMILES string of the molecule is CCCCC/C=C\C/C=C\C/C=C\C/C=C\CCCC(CC(=O)NC(CO)C(O)CCCCCCCCCCCCCCCCCC)OC(=O)CCCCC/C=C/C=C/CCCCCCCCC. The second-order valence-electron chi connectivity index (χ2n) is 19.7. The highest BCUT2D eigenvalue weighted by molar-refractivity contribution is 5.77. The first-order chi connectivity index (χ1) is 33.5. The molecule has 0 bridgehead atoms. The molecule has 0 aliphatic rings. The highest BCUT2D eigenvalue weighted by Crippen LogP contribution is 2.17. The maximum atomic E-state index is 13.3.